The Bertz CT molecular complexity index is 716. The Hall–Kier alpha value is -2.31. The van der Waals surface area contributed by atoms with Crippen LogP contribution in [0.15, 0.2) is 34.6 Å². The molecular weight excluding hydrogens is 398 g/mol. The van der Waals surface area contributed by atoms with Gasteiger partial charge in [0.25, 0.3) is 0 Å². The monoisotopic (exact) mass is 425 g/mol. The number of nitrogens with zero attached hydrogens (tertiary/aromatic N) is 2. The molecule has 0 amide bonds. The molecule has 0 spiro atoms. The fraction of sp³-hybridized carbons (Fsp3) is 0.632. The second-order valence-corrected chi connectivity index (χ2v) is 7.38. The van der Waals surface area contributed by atoms with Crippen molar-refractivity contribution in [1.29, 1.82) is 0 Å². The molecule has 1 aliphatic rings. The van der Waals surface area contributed by atoms with Crippen molar-refractivity contribution in [1.82, 2.24) is 0 Å². The van der Waals surface area contributed by atoms with E-state index in [1.165, 1.54) is 0 Å². The number of aliphatic hydroxyl groups excluding tert-OH is 3. The maximum atomic E-state index is 12.4. The lowest BCUT2D eigenvalue weighted by atomic mass is 9.95. The van der Waals surface area contributed by atoms with Gasteiger partial charge in [-0.05, 0) is 19.1 Å². The van der Waals surface area contributed by atoms with Crippen molar-refractivity contribution in [3.05, 3.63) is 39.6 Å². The van der Waals surface area contributed by atoms with Crippen LogP contribution in [0.5, 0.6) is 0 Å². The third-order valence-corrected chi connectivity index (χ3v) is 4.95. The van der Waals surface area contributed by atoms with Gasteiger partial charge in [-0.3, -0.25) is 4.79 Å². The summed E-state index contributed by atoms with van der Waals surface area (Å²) >= 11 is 0. The number of carbonyl (C=O) groups is 1. The molecule has 7 atom stereocenters. The molecule has 30 heavy (non-hydrogen) atoms. The number of aryl methyl sites for hydroxylation is 1. The van der Waals surface area contributed by atoms with Crippen LogP contribution in [-0.4, -0.2) is 77.5 Å². The van der Waals surface area contributed by atoms with E-state index in [4.69, 9.17) is 9.47 Å². The average molecular weight is 425 g/mol. The molecule has 1 aromatic carbocycles. The lowest BCUT2D eigenvalue weighted by Crippen LogP contribution is -2.55. The van der Waals surface area contributed by atoms with E-state index < -0.39 is 49.1 Å². The van der Waals surface area contributed by atoms with Crippen molar-refractivity contribution in [2.24, 2.45) is 16.3 Å². The van der Waals surface area contributed by atoms with E-state index >= 15 is 0 Å². The molecule has 1 aromatic rings. The fourth-order valence-corrected chi connectivity index (χ4v) is 3.09. The largest absolute Gasteiger partial charge is 0.388 e. The molecule has 0 aliphatic carbocycles. The Morgan fingerprint density at radius 2 is 1.97 bits per heavy atom. The summed E-state index contributed by atoms with van der Waals surface area (Å²) in [6, 6.07) is 6.17. The van der Waals surface area contributed by atoms with Crippen LogP contribution in [0.1, 0.15) is 12.5 Å². The minimum absolute atomic E-state index is 0.0336. The first-order chi connectivity index (χ1) is 14.3. The number of hydrogen-bond acceptors (Lipinski definition) is 11. The first-order valence-electron chi connectivity index (χ1n) is 9.54. The average Bonchev–Trinajstić information content (AvgIpc) is 2.72. The van der Waals surface area contributed by atoms with Gasteiger partial charge >= 0.3 is 0 Å². The van der Waals surface area contributed by atoms with E-state index in [2.05, 4.69) is 15.7 Å². The second-order valence-electron chi connectivity index (χ2n) is 7.38. The Labute approximate surface area is 173 Å². The normalized spacial score (nSPS) is 27.0. The highest BCUT2D eigenvalue weighted by molar-refractivity contribution is 5.87. The topological polar surface area (TPSA) is 167 Å². The van der Waals surface area contributed by atoms with Crippen LogP contribution >= 0.6 is 0 Å². The minimum Gasteiger partial charge on any atom is -0.388 e. The maximum absolute atomic E-state index is 12.4. The SMILES string of the molecule is Cc1ccc(NCC(=O)[C@@H](O)C(O[C@@H]2OCC(C)C(N=O)[C@H]2O)[C@H](O)CN=O)cc1. The number of ether oxygens (including phenoxy) is 2. The van der Waals surface area contributed by atoms with Gasteiger partial charge in [-0.1, -0.05) is 35.0 Å². The zero-order valence-corrected chi connectivity index (χ0v) is 16.7. The predicted molar refractivity (Wildman–Crippen MR) is 107 cm³/mol. The molecule has 2 rings (SSSR count). The third kappa shape index (κ3) is 6.09. The van der Waals surface area contributed by atoms with Gasteiger partial charge in [0.1, 0.15) is 37.0 Å². The molecule has 11 nitrogen and oxygen atoms in total. The molecule has 1 saturated heterocycles. The number of rotatable bonds is 11. The maximum Gasteiger partial charge on any atom is 0.186 e. The molecule has 0 bridgehead atoms. The minimum atomic E-state index is -1.85. The van der Waals surface area contributed by atoms with E-state index in [0.29, 0.717) is 5.69 Å². The highest BCUT2D eigenvalue weighted by atomic mass is 16.7. The molecule has 4 N–H and O–H groups in total. The summed E-state index contributed by atoms with van der Waals surface area (Å²) in [5.74, 6) is -1.10. The first kappa shape index (κ1) is 24.0. The molecule has 11 heteroatoms. The van der Waals surface area contributed by atoms with Gasteiger partial charge < -0.3 is 30.1 Å². The lowest BCUT2D eigenvalue weighted by Gasteiger charge is -2.38. The molecule has 0 aromatic heterocycles. The zero-order chi connectivity index (χ0) is 22.3. The van der Waals surface area contributed by atoms with E-state index in [0.717, 1.165) is 5.56 Å². The Morgan fingerprint density at radius 3 is 2.57 bits per heavy atom. The van der Waals surface area contributed by atoms with Gasteiger partial charge in [0.05, 0.1) is 13.2 Å². The summed E-state index contributed by atoms with van der Waals surface area (Å²) in [6.07, 6.45) is -8.01. The molecule has 0 saturated carbocycles. The second kappa shape index (κ2) is 11.2. The summed E-state index contributed by atoms with van der Waals surface area (Å²) < 4.78 is 10.8. The van der Waals surface area contributed by atoms with Crippen LogP contribution in [0.3, 0.4) is 0 Å². The van der Waals surface area contributed by atoms with Crippen LogP contribution in [-0.2, 0) is 14.3 Å². The smallest absolute Gasteiger partial charge is 0.186 e. The number of benzene rings is 1. The molecule has 0 radical (unpaired) electrons. The van der Waals surface area contributed by atoms with Crippen molar-refractivity contribution in [3.63, 3.8) is 0 Å². The zero-order valence-electron chi connectivity index (χ0n) is 16.7. The number of nitrogens with one attached hydrogen (secondary N) is 1. The molecular formula is C19H27N3O8. The van der Waals surface area contributed by atoms with E-state index in [-0.39, 0.29) is 19.1 Å². The number of aliphatic hydroxyl groups is 3. The number of ketones is 1. The number of carbonyl (C=O) groups excluding carboxylic acids is 1. The van der Waals surface area contributed by atoms with Crippen LogP contribution in [0.4, 0.5) is 5.69 Å². The van der Waals surface area contributed by atoms with E-state index in [1.807, 2.05) is 19.1 Å². The van der Waals surface area contributed by atoms with Crippen molar-refractivity contribution in [2.75, 3.05) is 25.0 Å². The van der Waals surface area contributed by atoms with Gasteiger partial charge in [0, 0.05) is 11.6 Å². The van der Waals surface area contributed by atoms with Crippen LogP contribution < -0.4 is 5.32 Å². The number of Topliss-reactive ketones (excluding diaryl/α,β-unsaturated/α-hetero) is 1. The van der Waals surface area contributed by atoms with Gasteiger partial charge in [0.2, 0.25) is 0 Å². The van der Waals surface area contributed by atoms with Gasteiger partial charge in [0.15, 0.2) is 12.1 Å². The van der Waals surface area contributed by atoms with Crippen molar-refractivity contribution < 1.29 is 29.6 Å². The fourth-order valence-electron chi connectivity index (χ4n) is 3.09. The Kier molecular flexibility index (Phi) is 8.93. The molecule has 3 unspecified atom stereocenters. The van der Waals surface area contributed by atoms with E-state index in [1.54, 1.807) is 19.1 Å². The Balaban J connectivity index is 2.06. The molecule has 1 fully saturated rings. The number of hydrogen-bond donors (Lipinski definition) is 4. The third-order valence-electron chi connectivity index (χ3n) is 4.95. The summed E-state index contributed by atoms with van der Waals surface area (Å²) in [5.41, 5.74) is 1.68. The lowest BCUT2D eigenvalue weighted by molar-refractivity contribution is -0.269. The van der Waals surface area contributed by atoms with Crippen LogP contribution in [0.25, 0.3) is 0 Å². The summed E-state index contributed by atoms with van der Waals surface area (Å²) in [7, 11) is 0. The first-order valence-corrected chi connectivity index (χ1v) is 9.54. The summed E-state index contributed by atoms with van der Waals surface area (Å²) in [4.78, 5) is 34.0. The van der Waals surface area contributed by atoms with Crippen LogP contribution in [0.2, 0.25) is 0 Å². The van der Waals surface area contributed by atoms with E-state index in [9.17, 15) is 29.9 Å². The van der Waals surface area contributed by atoms with Crippen LogP contribution in [0, 0.1) is 22.7 Å². The van der Waals surface area contributed by atoms with Gasteiger partial charge in [-0.2, -0.15) is 9.81 Å². The molecule has 1 aliphatic heterocycles. The van der Waals surface area contributed by atoms with Crippen molar-refractivity contribution in [2.45, 2.75) is 50.6 Å². The quantitative estimate of drug-likeness (QED) is 0.365. The highest BCUT2D eigenvalue weighted by Gasteiger charge is 2.43. The number of anilines is 1. The van der Waals surface area contributed by atoms with Crippen molar-refractivity contribution >= 4 is 11.5 Å². The predicted octanol–water partition coefficient (Wildman–Crippen LogP) is 0.338. The Morgan fingerprint density at radius 1 is 1.30 bits per heavy atom. The van der Waals surface area contributed by atoms with Crippen molar-refractivity contribution in [3.8, 4) is 0 Å². The highest BCUT2D eigenvalue weighted by Crippen LogP contribution is 2.26. The summed E-state index contributed by atoms with van der Waals surface area (Å²) in [6.45, 7) is 2.66. The van der Waals surface area contributed by atoms with Gasteiger partial charge in [-0.25, -0.2) is 0 Å². The van der Waals surface area contributed by atoms with Gasteiger partial charge in [-0.15, -0.1) is 0 Å². The number of nitroso groups, excluding NO2 is 2. The summed E-state index contributed by atoms with van der Waals surface area (Å²) in [5, 5.41) is 39.2. The standard InChI is InChI=1S/C19H27N3O8/c1-10-3-5-12(6-4-10)20-7-13(23)16(25)18(14(24)8-21-27)30-19-17(26)15(22-28)11(2)9-29-19/h3-6,11,14-20,24-26H,7-9H2,1-2H3/t11?,14-,15?,16-,17-,18?,19+/m1/s1. The molecule has 166 valence electrons. The molecule has 1 heterocycles.